The summed E-state index contributed by atoms with van der Waals surface area (Å²) in [5.41, 5.74) is 0. The third-order valence-electron chi connectivity index (χ3n) is 8.62. The highest BCUT2D eigenvalue weighted by molar-refractivity contribution is 5.76. The van der Waals surface area contributed by atoms with Gasteiger partial charge in [-0.25, -0.2) is 0 Å². The number of unbranched alkanes of at least 4 members (excludes halogenated alkanes) is 26. The summed E-state index contributed by atoms with van der Waals surface area (Å²) in [7, 11) is 0. The first kappa shape index (κ1) is 39.4. The molecule has 40 heavy (non-hydrogen) atoms. The van der Waals surface area contributed by atoms with E-state index in [0.29, 0.717) is 12.8 Å². The number of rotatable bonds is 33. The summed E-state index contributed by atoms with van der Waals surface area (Å²) in [6, 6.07) is -0.527. The Hall–Kier alpha value is -0.610. The Balaban J connectivity index is 3.52. The van der Waals surface area contributed by atoms with E-state index in [4.69, 9.17) is 0 Å². The van der Waals surface area contributed by atoms with Crippen LogP contribution in [-0.4, -0.2) is 34.9 Å². The third kappa shape index (κ3) is 28.9. The Labute approximate surface area is 251 Å². The average molecular weight is 568 g/mol. The average Bonchev–Trinajstić information content (AvgIpc) is 2.96. The molecule has 0 aromatic carbocycles. The fourth-order valence-electron chi connectivity index (χ4n) is 5.77. The van der Waals surface area contributed by atoms with Crippen molar-refractivity contribution < 1.29 is 15.0 Å². The summed E-state index contributed by atoms with van der Waals surface area (Å²) in [5, 5.41) is 23.0. The molecule has 0 saturated heterocycles. The van der Waals surface area contributed by atoms with Crippen LogP contribution in [0.15, 0.2) is 0 Å². The van der Waals surface area contributed by atoms with E-state index in [2.05, 4.69) is 19.2 Å². The van der Waals surface area contributed by atoms with E-state index in [1.807, 2.05) is 0 Å². The molecule has 4 nitrogen and oxygen atoms in total. The summed E-state index contributed by atoms with van der Waals surface area (Å²) in [6.45, 7) is 4.36. The van der Waals surface area contributed by atoms with Crippen LogP contribution >= 0.6 is 0 Å². The molecule has 0 aliphatic carbocycles. The predicted octanol–water partition coefficient (Wildman–Crippen LogP) is 10.6. The molecule has 240 valence electrons. The van der Waals surface area contributed by atoms with Crippen LogP contribution in [-0.2, 0) is 4.79 Å². The van der Waals surface area contributed by atoms with Crippen molar-refractivity contribution in [2.45, 2.75) is 219 Å². The summed E-state index contributed by atoms with van der Waals surface area (Å²) in [6.07, 6.45) is 37.2. The van der Waals surface area contributed by atoms with Gasteiger partial charge in [-0.3, -0.25) is 4.79 Å². The highest BCUT2D eigenvalue weighted by atomic mass is 16.3. The molecule has 0 aromatic rings. The number of hydrogen-bond acceptors (Lipinski definition) is 3. The summed E-state index contributed by atoms with van der Waals surface area (Å²) in [4.78, 5) is 12.3. The molecule has 0 unspecified atom stereocenters. The molecule has 0 saturated carbocycles. The summed E-state index contributed by atoms with van der Waals surface area (Å²) < 4.78 is 0. The number of amides is 1. The van der Waals surface area contributed by atoms with E-state index in [0.717, 1.165) is 25.7 Å². The maximum Gasteiger partial charge on any atom is 0.220 e. The molecule has 0 rings (SSSR count). The molecule has 0 heterocycles. The zero-order chi connectivity index (χ0) is 29.4. The Morgan fingerprint density at radius 1 is 0.500 bits per heavy atom. The minimum atomic E-state index is -0.650. The molecule has 4 heteroatoms. The fraction of sp³-hybridized carbons (Fsp3) is 0.972. The summed E-state index contributed by atoms with van der Waals surface area (Å²) in [5.74, 6) is -0.0295. The Morgan fingerprint density at radius 2 is 0.800 bits per heavy atom. The van der Waals surface area contributed by atoms with Crippen molar-refractivity contribution in [3.8, 4) is 0 Å². The van der Waals surface area contributed by atoms with Crippen LogP contribution in [0.25, 0.3) is 0 Å². The number of carbonyl (C=O) groups excluding carboxylic acids is 1. The quantitative estimate of drug-likeness (QED) is 0.0691. The second kappa shape index (κ2) is 32.9. The molecular weight excluding hydrogens is 494 g/mol. The highest BCUT2D eigenvalue weighted by Gasteiger charge is 2.19. The number of aliphatic hydroxyl groups is 2. The Bertz CT molecular complexity index is 498. The molecule has 0 radical (unpaired) electrons. The third-order valence-corrected chi connectivity index (χ3v) is 8.62. The Kier molecular flexibility index (Phi) is 32.4. The lowest BCUT2D eigenvalue weighted by atomic mass is 10.0. The zero-order valence-electron chi connectivity index (χ0n) is 27.4. The second-order valence-corrected chi connectivity index (χ2v) is 12.7. The maximum absolute atomic E-state index is 12.3. The standard InChI is InChI=1S/C36H73NO3/c1-3-5-7-9-11-13-15-17-18-20-22-24-26-28-30-32-36(40)37-34(33-38)35(39)31-29-27-25-23-21-19-16-14-12-10-8-6-4-2/h34-35,38-39H,3-33H2,1-2H3,(H,37,40)/t34-,35+/m1/s1. The van der Waals surface area contributed by atoms with Gasteiger partial charge in [0.1, 0.15) is 0 Å². The van der Waals surface area contributed by atoms with Gasteiger partial charge in [0.05, 0.1) is 18.8 Å². The molecule has 0 bridgehead atoms. The van der Waals surface area contributed by atoms with Gasteiger partial charge in [0, 0.05) is 6.42 Å². The molecule has 0 spiro atoms. The molecule has 0 aromatic heterocycles. The highest BCUT2D eigenvalue weighted by Crippen LogP contribution is 2.15. The first-order valence-corrected chi connectivity index (χ1v) is 18.2. The van der Waals surface area contributed by atoms with Crippen molar-refractivity contribution in [3.63, 3.8) is 0 Å². The topological polar surface area (TPSA) is 69.6 Å². The van der Waals surface area contributed by atoms with Crippen LogP contribution in [0.2, 0.25) is 0 Å². The molecule has 1 amide bonds. The van der Waals surface area contributed by atoms with Crippen LogP contribution in [0.5, 0.6) is 0 Å². The first-order chi connectivity index (χ1) is 19.7. The van der Waals surface area contributed by atoms with Gasteiger partial charge < -0.3 is 15.5 Å². The molecule has 2 atom stereocenters. The lowest BCUT2D eigenvalue weighted by molar-refractivity contribution is -0.123. The number of aliphatic hydroxyl groups excluding tert-OH is 2. The number of carbonyl (C=O) groups is 1. The van der Waals surface area contributed by atoms with E-state index in [9.17, 15) is 15.0 Å². The van der Waals surface area contributed by atoms with Gasteiger partial charge in [0.15, 0.2) is 0 Å². The number of hydrogen-bond donors (Lipinski definition) is 3. The van der Waals surface area contributed by atoms with Crippen LogP contribution in [0.4, 0.5) is 0 Å². The van der Waals surface area contributed by atoms with Crippen molar-refractivity contribution in [3.05, 3.63) is 0 Å². The van der Waals surface area contributed by atoms with E-state index in [1.165, 1.54) is 154 Å². The van der Waals surface area contributed by atoms with E-state index in [1.54, 1.807) is 0 Å². The zero-order valence-corrected chi connectivity index (χ0v) is 27.4. The van der Waals surface area contributed by atoms with E-state index < -0.39 is 12.1 Å². The van der Waals surface area contributed by atoms with Crippen molar-refractivity contribution >= 4 is 5.91 Å². The van der Waals surface area contributed by atoms with Crippen molar-refractivity contribution in [1.82, 2.24) is 5.32 Å². The van der Waals surface area contributed by atoms with Crippen molar-refractivity contribution in [2.75, 3.05) is 6.61 Å². The first-order valence-electron chi connectivity index (χ1n) is 18.2. The SMILES string of the molecule is CCCCCCCCCCCCCCCCCC(=O)N[C@H](CO)[C@@H](O)CCCCCCCCCCCCCCC. The van der Waals surface area contributed by atoms with Crippen LogP contribution < -0.4 is 5.32 Å². The van der Waals surface area contributed by atoms with Gasteiger partial charge in [0.25, 0.3) is 0 Å². The smallest absolute Gasteiger partial charge is 0.220 e. The van der Waals surface area contributed by atoms with E-state index >= 15 is 0 Å². The van der Waals surface area contributed by atoms with Gasteiger partial charge in [-0.05, 0) is 12.8 Å². The van der Waals surface area contributed by atoms with Crippen LogP contribution in [0.1, 0.15) is 206 Å². The minimum absolute atomic E-state index is 0.0295. The normalized spacial score (nSPS) is 13.0. The van der Waals surface area contributed by atoms with Gasteiger partial charge in [-0.2, -0.15) is 0 Å². The molecule has 3 N–H and O–H groups in total. The molecule has 0 aliphatic rings. The van der Waals surface area contributed by atoms with Gasteiger partial charge in [0.2, 0.25) is 5.91 Å². The van der Waals surface area contributed by atoms with Gasteiger partial charge in [-0.1, -0.05) is 187 Å². The fourth-order valence-corrected chi connectivity index (χ4v) is 5.77. The van der Waals surface area contributed by atoms with Gasteiger partial charge >= 0.3 is 0 Å². The molecular formula is C36H73NO3. The van der Waals surface area contributed by atoms with Crippen molar-refractivity contribution in [2.24, 2.45) is 0 Å². The predicted molar refractivity (Wildman–Crippen MR) is 175 cm³/mol. The van der Waals surface area contributed by atoms with Crippen LogP contribution in [0, 0.1) is 0 Å². The lowest BCUT2D eigenvalue weighted by Gasteiger charge is -2.22. The lowest BCUT2D eigenvalue weighted by Crippen LogP contribution is -2.45. The minimum Gasteiger partial charge on any atom is -0.394 e. The maximum atomic E-state index is 12.3. The molecule has 0 aliphatic heterocycles. The van der Waals surface area contributed by atoms with Gasteiger partial charge in [-0.15, -0.1) is 0 Å². The largest absolute Gasteiger partial charge is 0.394 e. The monoisotopic (exact) mass is 568 g/mol. The van der Waals surface area contributed by atoms with Crippen LogP contribution in [0.3, 0.4) is 0 Å². The Morgan fingerprint density at radius 3 is 1.12 bits per heavy atom. The van der Waals surface area contributed by atoms with Crippen molar-refractivity contribution in [1.29, 1.82) is 0 Å². The second-order valence-electron chi connectivity index (χ2n) is 12.7. The van der Waals surface area contributed by atoms with E-state index in [-0.39, 0.29) is 12.5 Å². The molecule has 0 fully saturated rings. The summed E-state index contributed by atoms with van der Waals surface area (Å²) >= 11 is 0. The number of nitrogens with one attached hydrogen (secondary N) is 1.